The van der Waals surface area contributed by atoms with Crippen LogP contribution >= 0.6 is 11.6 Å². The van der Waals surface area contributed by atoms with Crippen LogP contribution in [0, 0.1) is 12.8 Å². The van der Waals surface area contributed by atoms with Crippen LogP contribution in [-0.2, 0) is 13.5 Å². The van der Waals surface area contributed by atoms with E-state index < -0.39 is 0 Å². The van der Waals surface area contributed by atoms with Crippen molar-refractivity contribution < 1.29 is 0 Å². The van der Waals surface area contributed by atoms with Gasteiger partial charge >= 0.3 is 0 Å². The van der Waals surface area contributed by atoms with Gasteiger partial charge in [0.25, 0.3) is 0 Å². The normalized spacial score (nSPS) is 14.9. The van der Waals surface area contributed by atoms with E-state index >= 15 is 0 Å². The lowest BCUT2D eigenvalue weighted by molar-refractivity contribution is 0.365. The molecule has 0 spiro atoms. The van der Waals surface area contributed by atoms with Gasteiger partial charge in [-0.3, -0.25) is 4.68 Å². The van der Waals surface area contributed by atoms with E-state index in [1.165, 1.54) is 6.42 Å². The first-order valence-electron chi connectivity index (χ1n) is 6.42. The molecule has 0 aliphatic heterocycles. The molecule has 2 atom stereocenters. The molecule has 1 N–H and O–H groups in total. The van der Waals surface area contributed by atoms with E-state index in [2.05, 4.69) is 31.2 Å². The Labute approximate surface area is 110 Å². The number of hydrogen-bond donors (Lipinski definition) is 1. The van der Waals surface area contributed by atoms with Crippen LogP contribution in [0.2, 0.25) is 5.02 Å². The molecule has 0 saturated carbocycles. The summed E-state index contributed by atoms with van der Waals surface area (Å²) in [6.45, 7) is 9.60. The third-order valence-electron chi connectivity index (χ3n) is 3.47. The second-order valence-corrected chi connectivity index (χ2v) is 5.10. The Balaban J connectivity index is 2.85. The number of hydrogen-bond acceptors (Lipinski definition) is 2. The van der Waals surface area contributed by atoms with Crippen molar-refractivity contribution in [2.45, 2.75) is 46.6 Å². The van der Waals surface area contributed by atoms with E-state index in [-0.39, 0.29) is 0 Å². The molecular formula is C13H24ClN3. The molecule has 3 nitrogen and oxygen atoms in total. The summed E-state index contributed by atoms with van der Waals surface area (Å²) in [7, 11) is 1.97. The van der Waals surface area contributed by atoms with E-state index in [1.54, 1.807) is 0 Å². The third kappa shape index (κ3) is 3.46. The molecule has 2 unspecified atom stereocenters. The Hall–Kier alpha value is -0.540. The quantitative estimate of drug-likeness (QED) is 0.849. The highest BCUT2D eigenvalue weighted by atomic mass is 35.5. The SMILES string of the molecule is CCNC(Cc1c(Cl)c(C)nn1C)C(C)CC. The lowest BCUT2D eigenvalue weighted by atomic mass is 9.95. The molecule has 0 aliphatic carbocycles. The van der Waals surface area contributed by atoms with Gasteiger partial charge in [-0.2, -0.15) is 5.10 Å². The smallest absolute Gasteiger partial charge is 0.0847 e. The standard InChI is InChI=1S/C13H24ClN3/c1-6-9(3)11(15-7-2)8-12-13(14)10(4)16-17(12)5/h9,11,15H,6-8H2,1-5H3. The van der Waals surface area contributed by atoms with Crippen molar-refractivity contribution in [3.63, 3.8) is 0 Å². The van der Waals surface area contributed by atoms with Crippen LogP contribution in [0.15, 0.2) is 0 Å². The minimum absolute atomic E-state index is 0.470. The van der Waals surface area contributed by atoms with Crippen LogP contribution in [0.5, 0.6) is 0 Å². The molecule has 17 heavy (non-hydrogen) atoms. The number of aryl methyl sites for hydroxylation is 2. The molecule has 4 heteroatoms. The highest BCUT2D eigenvalue weighted by molar-refractivity contribution is 6.31. The highest BCUT2D eigenvalue weighted by Crippen LogP contribution is 2.23. The van der Waals surface area contributed by atoms with Gasteiger partial charge in [-0.1, -0.05) is 38.8 Å². The summed E-state index contributed by atoms with van der Waals surface area (Å²) >= 11 is 6.30. The summed E-state index contributed by atoms with van der Waals surface area (Å²) in [5.41, 5.74) is 2.05. The van der Waals surface area contributed by atoms with Crippen LogP contribution in [-0.4, -0.2) is 22.4 Å². The maximum atomic E-state index is 6.30. The second kappa shape index (κ2) is 6.41. The van der Waals surface area contributed by atoms with E-state index in [9.17, 15) is 0 Å². The average molecular weight is 258 g/mol. The van der Waals surface area contributed by atoms with Crippen LogP contribution < -0.4 is 5.32 Å². The molecule has 0 aliphatic rings. The number of nitrogens with zero attached hydrogens (tertiary/aromatic N) is 2. The zero-order valence-corrected chi connectivity index (χ0v) is 12.3. The Bertz CT molecular complexity index is 360. The first kappa shape index (κ1) is 14.5. The zero-order valence-electron chi connectivity index (χ0n) is 11.5. The van der Waals surface area contributed by atoms with Crippen molar-refractivity contribution in [1.29, 1.82) is 0 Å². The Kier molecular flexibility index (Phi) is 5.47. The first-order valence-corrected chi connectivity index (χ1v) is 6.80. The lowest BCUT2D eigenvalue weighted by Gasteiger charge is -2.24. The molecule has 0 fully saturated rings. The van der Waals surface area contributed by atoms with Gasteiger partial charge in [-0.25, -0.2) is 0 Å². The maximum absolute atomic E-state index is 6.30. The zero-order chi connectivity index (χ0) is 13.0. The molecule has 0 radical (unpaired) electrons. The molecule has 0 aromatic carbocycles. The van der Waals surface area contributed by atoms with Gasteiger partial charge in [0.2, 0.25) is 0 Å². The average Bonchev–Trinajstić information content (AvgIpc) is 2.54. The highest BCUT2D eigenvalue weighted by Gasteiger charge is 2.20. The summed E-state index contributed by atoms with van der Waals surface area (Å²) in [6, 6.07) is 0.470. The summed E-state index contributed by atoms with van der Waals surface area (Å²) in [6.07, 6.45) is 2.12. The second-order valence-electron chi connectivity index (χ2n) is 4.72. The molecule has 1 heterocycles. The molecule has 1 aromatic heterocycles. The predicted octanol–water partition coefficient (Wildman–Crippen LogP) is 2.95. The number of halogens is 1. The number of aromatic nitrogens is 2. The van der Waals surface area contributed by atoms with Crippen molar-refractivity contribution in [1.82, 2.24) is 15.1 Å². The third-order valence-corrected chi connectivity index (χ3v) is 3.96. The lowest BCUT2D eigenvalue weighted by Crippen LogP contribution is -2.37. The van der Waals surface area contributed by atoms with Crippen LogP contribution in [0.1, 0.15) is 38.6 Å². The fourth-order valence-electron chi connectivity index (χ4n) is 2.13. The summed E-state index contributed by atoms with van der Waals surface area (Å²) < 4.78 is 1.91. The van der Waals surface area contributed by atoms with Crippen LogP contribution in [0.25, 0.3) is 0 Å². The topological polar surface area (TPSA) is 29.9 Å². The van der Waals surface area contributed by atoms with E-state index in [4.69, 9.17) is 11.6 Å². The van der Waals surface area contributed by atoms with Crippen molar-refractivity contribution in [2.24, 2.45) is 13.0 Å². The van der Waals surface area contributed by atoms with Gasteiger partial charge in [0, 0.05) is 19.5 Å². The fourth-order valence-corrected chi connectivity index (χ4v) is 2.37. The summed E-state index contributed by atoms with van der Waals surface area (Å²) in [5, 5.41) is 8.73. The largest absolute Gasteiger partial charge is 0.314 e. The summed E-state index contributed by atoms with van der Waals surface area (Å²) in [5.74, 6) is 0.640. The number of rotatable bonds is 6. The fraction of sp³-hybridized carbons (Fsp3) is 0.769. The van der Waals surface area contributed by atoms with E-state index in [1.807, 2.05) is 18.7 Å². The number of likely N-dealkylation sites (N-methyl/N-ethyl adjacent to an activating group) is 1. The Morgan fingerprint density at radius 1 is 1.41 bits per heavy atom. The van der Waals surface area contributed by atoms with Crippen molar-refractivity contribution in [2.75, 3.05) is 6.54 Å². The van der Waals surface area contributed by atoms with Gasteiger partial charge in [0.1, 0.15) is 0 Å². The maximum Gasteiger partial charge on any atom is 0.0847 e. The molecule has 0 amide bonds. The van der Waals surface area contributed by atoms with E-state index in [0.29, 0.717) is 12.0 Å². The van der Waals surface area contributed by atoms with Crippen LogP contribution in [0.4, 0.5) is 0 Å². The molecule has 1 aromatic rings. The molecular weight excluding hydrogens is 234 g/mol. The minimum Gasteiger partial charge on any atom is -0.314 e. The Morgan fingerprint density at radius 3 is 2.47 bits per heavy atom. The molecule has 0 bridgehead atoms. The van der Waals surface area contributed by atoms with Crippen molar-refractivity contribution in [3.05, 3.63) is 16.4 Å². The van der Waals surface area contributed by atoms with Gasteiger partial charge in [0.05, 0.1) is 16.4 Å². The number of nitrogens with one attached hydrogen (secondary N) is 1. The van der Waals surface area contributed by atoms with E-state index in [0.717, 1.165) is 29.4 Å². The first-order chi connectivity index (χ1) is 8.01. The summed E-state index contributed by atoms with van der Waals surface area (Å²) in [4.78, 5) is 0. The molecule has 0 saturated heterocycles. The van der Waals surface area contributed by atoms with Crippen molar-refractivity contribution >= 4 is 11.6 Å². The van der Waals surface area contributed by atoms with Gasteiger partial charge in [0.15, 0.2) is 0 Å². The predicted molar refractivity (Wildman–Crippen MR) is 73.6 cm³/mol. The molecule has 98 valence electrons. The monoisotopic (exact) mass is 257 g/mol. The van der Waals surface area contributed by atoms with Gasteiger partial charge in [-0.05, 0) is 19.4 Å². The molecule has 1 rings (SSSR count). The van der Waals surface area contributed by atoms with Gasteiger partial charge in [-0.15, -0.1) is 0 Å². The van der Waals surface area contributed by atoms with Gasteiger partial charge < -0.3 is 5.32 Å². The Morgan fingerprint density at radius 2 is 2.06 bits per heavy atom. The van der Waals surface area contributed by atoms with Crippen LogP contribution in [0.3, 0.4) is 0 Å². The minimum atomic E-state index is 0.470. The van der Waals surface area contributed by atoms with Crippen molar-refractivity contribution in [3.8, 4) is 0 Å².